The maximum atomic E-state index is 14.0. The number of furan rings is 1. The van der Waals surface area contributed by atoms with E-state index in [4.69, 9.17) is 10.2 Å². The predicted octanol–water partition coefficient (Wildman–Crippen LogP) is 3.31. The molecule has 6 rings (SSSR count). The van der Waals surface area contributed by atoms with E-state index in [2.05, 4.69) is 21.9 Å². The van der Waals surface area contributed by atoms with E-state index in [1.54, 1.807) is 12.1 Å². The fourth-order valence-corrected chi connectivity index (χ4v) is 7.48. The molecular weight excluding hydrogens is 628 g/mol. The molecule has 1 heterocycles. The first kappa shape index (κ1) is 34.0. The highest BCUT2D eigenvalue weighted by Crippen LogP contribution is 2.54. The van der Waals surface area contributed by atoms with Gasteiger partial charge in [-0.3, -0.25) is 19.3 Å². The van der Waals surface area contributed by atoms with Gasteiger partial charge >= 0.3 is 0 Å². The van der Waals surface area contributed by atoms with Crippen molar-refractivity contribution in [3.05, 3.63) is 87.9 Å². The molecule has 1 saturated carbocycles. The molecule has 1 fully saturated rings. The molecule has 1 aromatic heterocycles. The van der Waals surface area contributed by atoms with Crippen molar-refractivity contribution in [3.63, 3.8) is 0 Å². The highest BCUT2D eigenvalue weighted by atomic mass is 16.4. The van der Waals surface area contributed by atoms with Crippen LogP contribution in [0.3, 0.4) is 0 Å². The van der Waals surface area contributed by atoms with E-state index < -0.39 is 52.0 Å². The number of amides is 1. The van der Waals surface area contributed by atoms with E-state index in [0.717, 1.165) is 13.1 Å². The van der Waals surface area contributed by atoms with Gasteiger partial charge in [-0.25, -0.2) is 0 Å². The van der Waals surface area contributed by atoms with Crippen LogP contribution in [0, 0.1) is 11.8 Å². The van der Waals surface area contributed by atoms with Crippen LogP contribution in [0.5, 0.6) is 5.75 Å². The predicted molar refractivity (Wildman–Crippen MR) is 183 cm³/mol. The lowest BCUT2D eigenvalue weighted by Crippen LogP contribution is -2.58. The highest BCUT2D eigenvalue weighted by Gasteiger charge is 2.60. The number of hydrogen-bond acceptors (Lipinski definition) is 11. The first-order valence-corrected chi connectivity index (χ1v) is 16.3. The Bertz CT molecular complexity index is 1890. The lowest BCUT2D eigenvalue weighted by atomic mass is 9.59. The summed E-state index contributed by atoms with van der Waals surface area (Å²) in [4.78, 5) is 44.9. The van der Waals surface area contributed by atoms with Gasteiger partial charge in [0.15, 0.2) is 11.4 Å². The maximum Gasteiger partial charge on any atom is 0.255 e. The number of phenols is 1. The molecule has 12 heteroatoms. The zero-order chi connectivity index (χ0) is 35.4. The van der Waals surface area contributed by atoms with Crippen molar-refractivity contribution in [3.8, 4) is 17.1 Å². The SMILES string of the molecule is CN(C)CCN(Cc1ccccc1)Cc1ccc(-c2cc(N(C)C)c3c(c2O)C(O)=C2C(=O)[C@]4(O)C(O)=C(C(N)=O)C(=O)C[C@@H]4C[C@@H]2C3)o1. The van der Waals surface area contributed by atoms with Crippen LogP contribution in [-0.4, -0.2) is 94.6 Å². The molecule has 0 spiro atoms. The Morgan fingerprint density at radius 2 is 1.69 bits per heavy atom. The second-order valence-corrected chi connectivity index (χ2v) is 13.7. The zero-order valence-electron chi connectivity index (χ0n) is 28.1. The van der Waals surface area contributed by atoms with Crippen LogP contribution in [0.25, 0.3) is 17.1 Å². The number of ketones is 2. The number of aliphatic hydroxyl groups is 3. The molecule has 12 nitrogen and oxygen atoms in total. The van der Waals surface area contributed by atoms with Gasteiger partial charge in [-0.15, -0.1) is 0 Å². The second-order valence-electron chi connectivity index (χ2n) is 13.7. The van der Waals surface area contributed by atoms with E-state index in [-0.39, 0.29) is 36.1 Å². The van der Waals surface area contributed by atoms with Crippen molar-refractivity contribution in [1.29, 1.82) is 0 Å². The Morgan fingerprint density at radius 1 is 0.980 bits per heavy atom. The molecule has 3 aliphatic rings. The Kier molecular flexibility index (Phi) is 8.91. The van der Waals surface area contributed by atoms with E-state index >= 15 is 0 Å². The zero-order valence-corrected chi connectivity index (χ0v) is 28.1. The number of benzene rings is 2. The second kappa shape index (κ2) is 12.8. The average Bonchev–Trinajstić information content (AvgIpc) is 3.50. The number of primary amides is 1. The normalized spacial score (nSPS) is 22.0. The molecule has 2 aromatic carbocycles. The number of carbonyl (C=O) groups is 3. The Balaban J connectivity index is 1.39. The molecule has 3 aromatic rings. The fraction of sp³-hybridized carbons (Fsp3) is 0.378. The summed E-state index contributed by atoms with van der Waals surface area (Å²) in [5, 5.41) is 46.0. The highest BCUT2D eigenvalue weighted by molar-refractivity contribution is 6.22. The molecule has 6 N–H and O–H groups in total. The van der Waals surface area contributed by atoms with Crippen LogP contribution >= 0.6 is 0 Å². The summed E-state index contributed by atoms with van der Waals surface area (Å²) in [5.74, 6) is -5.62. The maximum absolute atomic E-state index is 14.0. The fourth-order valence-electron chi connectivity index (χ4n) is 7.48. The van der Waals surface area contributed by atoms with Crippen molar-refractivity contribution in [2.75, 3.05) is 46.2 Å². The first-order chi connectivity index (χ1) is 23.2. The summed E-state index contributed by atoms with van der Waals surface area (Å²) >= 11 is 0. The van der Waals surface area contributed by atoms with Crippen LogP contribution in [0.15, 0.2) is 69.9 Å². The van der Waals surface area contributed by atoms with Gasteiger partial charge in [0.25, 0.3) is 5.91 Å². The molecule has 0 saturated heterocycles. The molecule has 0 unspecified atom stereocenters. The minimum atomic E-state index is -2.62. The third-order valence-corrected chi connectivity index (χ3v) is 9.94. The van der Waals surface area contributed by atoms with E-state index in [1.165, 1.54) is 5.56 Å². The Labute approximate surface area is 284 Å². The quantitative estimate of drug-likeness (QED) is 0.200. The number of aliphatic hydroxyl groups excluding tert-OH is 2. The number of phenolic OH excluding ortho intramolecular Hbond substituents is 1. The average molecular weight is 671 g/mol. The first-order valence-electron chi connectivity index (χ1n) is 16.3. The van der Waals surface area contributed by atoms with Crippen LogP contribution in [-0.2, 0) is 33.9 Å². The van der Waals surface area contributed by atoms with Crippen molar-refractivity contribution in [2.45, 2.75) is 38.0 Å². The topological polar surface area (TPSA) is 181 Å². The standard InChI is InChI=1S/C37H42N4O8/c1-39(2)12-13-41(18-20-8-6-5-7-9-20)19-23-10-11-28(49-23)25-17-26(40(3)4)24-15-21-14-22-16-27(42)31(36(38)47)35(46)37(22,48)34(45)29(21)33(44)30(24)32(25)43/h5-11,17,21-22,43-44,46,48H,12-16,18-19H2,1-4H3,(H2,38,47)/t21-,22+,37+/m1/s1. The molecule has 258 valence electrons. The number of nitrogens with two attached hydrogens (primary N) is 1. The molecular formula is C37H42N4O8. The van der Waals surface area contributed by atoms with Crippen molar-refractivity contribution < 1.29 is 39.2 Å². The van der Waals surface area contributed by atoms with Gasteiger partial charge in [0.05, 0.1) is 17.7 Å². The number of Topliss-reactive ketones (excluding diaryl/α,β-unsaturated/α-hetero) is 2. The van der Waals surface area contributed by atoms with Gasteiger partial charge in [0.2, 0.25) is 5.78 Å². The monoisotopic (exact) mass is 670 g/mol. The minimum Gasteiger partial charge on any atom is -0.508 e. The number of fused-ring (bicyclic) bond motifs is 3. The number of likely N-dealkylation sites (N-methyl/N-ethyl adjacent to an activating group) is 1. The van der Waals surface area contributed by atoms with Gasteiger partial charge in [-0.05, 0) is 62.2 Å². The molecule has 3 aliphatic carbocycles. The summed E-state index contributed by atoms with van der Waals surface area (Å²) < 4.78 is 6.31. The third-order valence-electron chi connectivity index (χ3n) is 9.94. The van der Waals surface area contributed by atoms with Crippen molar-refractivity contribution in [1.82, 2.24) is 9.80 Å². The largest absolute Gasteiger partial charge is 0.508 e. The van der Waals surface area contributed by atoms with Gasteiger partial charge in [0, 0.05) is 57.3 Å². The number of anilines is 1. The molecule has 0 bridgehead atoms. The van der Waals surface area contributed by atoms with Gasteiger partial charge in [-0.2, -0.15) is 0 Å². The number of aromatic hydroxyl groups is 1. The van der Waals surface area contributed by atoms with Crippen LogP contribution in [0.1, 0.15) is 35.3 Å². The summed E-state index contributed by atoms with van der Waals surface area (Å²) in [6.45, 7) is 2.85. The summed E-state index contributed by atoms with van der Waals surface area (Å²) in [6.07, 6.45) is -0.0991. The van der Waals surface area contributed by atoms with Crippen molar-refractivity contribution >= 4 is 28.9 Å². The molecule has 0 aliphatic heterocycles. The summed E-state index contributed by atoms with van der Waals surface area (Å²) in [5.41, 5.74) is 4.42. The van der Waals surface area contributed by atoms with Gasteiger partial charge in [-0.1, -0.05) is 30.3 Å². The van der Waals surface area contributed by atoms with Crippen molar-refractivity contribution in [2.24, 2.45) is 17.6 Å². The molecule has 3 atom stereocenters. The molecule has 49 heavy (non-hydrogen) atoms. The summed E-state index contributed by atoms with van der Waals surface area (Å²) in [6, 6.07) is 15.5. The van der Waals surface area contributed by atoms with Crippen LogP contribution in [0.4, 0.5) is 5.69 Å². The Hall–Kier alpha value is -4.91. The lowest BCUT2D eigenvalue weighted by molar-refractivity contribution is -0.147. The van der Waals surface area contributed by atoms with Gasteiger partial charge < -0.3 is 40.4 Å². The minimum absolute atomic E-state index is 0.0166. The molecule has 0 radical (unpaired) electrons. The molecule has 1 amide bonds. The third kappa shape index (κ3) is 5.90. The number of rotatable bonds is 10. The number of carbonyl (C=O) groups excluding carboxylic acids is 3. The van der Waals surface area contributed by atoms with Gasteiger partial charge in [0.1, 0.15) is 34.4 Å². The smallest absolute Gasteiger partial charge is 0.255 e. The summed E-state index contributed by atoms with van der Waals surface area (Å²) in [7, 11) is 7.69. The number of hydrogen-bond donors (Lipinski definition) is 5. The van der Waals surface area contributed by atoms with Crippen LogP contribution in [0.2, 0.25) is 0 Å². The Morgan fingerprint density at radius 3 is 2.35 bits per heavy atom. The van der Waals surface area contributed by atoms with E-state index in [9.17, 15) is 34.8 Å². The van der Waals surface area contributed by atoms with E-state index in [1.807, 2.05) is 57.4 Å². The number of nitrogens with zero attached hydrogens (tertiary/aromatic N) is 3. The van der Waals surface area contributed by atoms with E-state index in [0.29, 0.717) is 41.4 Å². The van der Waals surface area contributed by atoms with Crippen LogP contribution < -0.4 is 10.6 Å². The lowest BCUT2D eigenvalue weighted by Gasteiger charge is -2.46.